The second-order valence-corrected chi connectivity index (χ2v) is 6.91. The molecule has 0 aliphatic carbocycles. The van der Waals surface area contributed by atoms with Crippen molar-refractivity contribution in [1.29, 1.82) is 0 Å². The van der Waals surface area contributed by atoms with Crippen LogP contribution in [-0.4, -0.2) is 20.4 Å². The van der Waals surface area contributed by atoms with E-state index in [1.54, 1.807) is 41.2 Å². The lowest BCUT2D eigenvalue weighted by Crippen LogP contribution is -2.15. The van der Waals surface area contributed by atoms with Crippen molar-refractivity contribution in [3.05, 3.63) is 90.0 Å². The average Bonchev–Trinajstić information content (AvgIpc) is 3.11. The summed E-state index contributed by atoms with van der Waals surface area (Å²) in [6, 6.07) is 18.6. The molecule has 0 radical (unpaired) electrons. The maximum absolute atomic E-state index is 12.6. The maximum Gasteiger partial charge on any atom is 0.272 e. The SMILES string of the molecule is Cn1cc(-c2cnc(Nc3ccccc3)nc2)cc1C(=O)Nc1cccc(Cl)c1. The number of benzene rings is 2. The van der Waals surface area contributed by atoms with Crippen molar-refractivity contribution in [2.45, 2.75) is 0 Å². The molecule has 0 aliphatic rings. The number of rotatable bonds is 5. The lowest BCUT2D eigenvalue weighted by Gasteiger charge is -2.06. The van der Waals surface area contributed by atoms with Crippen LogP contribution in [0.1, 0.15) is 10.5 Å². The van der Waals surface area contributed by atoms with Crippen molar-refractivity contribution in [2.24, 2.45) is 7.05 Å². The van der Waals surface area contributed by atoms with E-state index in [9.17, 15) is 4.79 Å². The van der Waals surface area contributed by atoms with E-state index in [0.717, 1.165) is 16.8 Å². The maximum atomic E-state index is 12.6. The Morgan fingerprint density at radius 1 is 0.931 bits per heavy atom. The van der Waals surface area contributed by atoms with Crippen molar-refractivity contribution >= 4 is 34.8 Å². The van der Waals surface area contributed by atoms with Gasteiger partial charge in [-0.05, 0) is 36.4 Å². The number of nitrogens with one attached hydrogen (secondary N) is 2. The highest BCUT2D eigenvalue weighted by molar-refractivity contribution is 6.30. The molecule has 2 aromatic carbocycles. The Morgan fingerprint density at radius 3 is 2.38 bits per heavy atom. The number of hydrogen-bond donors (Lipinski definition) is 2. The number of amides is 1. The molecule has 4 rings (SSSR count). The Labute approximate surface area is 173 Å². The molecule has 0 bridgehead atoms. The number of nitrogens with zero attached hydrogens (tertiary/aromatic N) is 3. The third-order valence-electron chi connectivity index (χ3n) is 4.34. The van der Waals surface area contributed by atoms with Gasteiger partial charge in [0.1, 0.15) is 5.69 Å². The van der Waals surface area contributed by atoms with E-state index < -0.39 is 0 Å². The first-order valence-corrected chi connectivity index (χ1v) is 9.34. The lowest BCUT2D eigenvalue weighted by molar-refractivity contribution is 0.101. The van der Waals surface area contributed by atoms with E-state index in [1.165, 1.54) is 0 Å². The highest BCUT2D eigenvalue weighted by Crippen LogP contribution is 2.23. The summed E-state index contributed by atoms with van der Waals surface area (Å²) in [6.07, 6.45) is 5.33. The summed E-state index contributed by atoms with van der Waals surface area (Å²) in [6.45, 7) is 0. The van der Waals surface area contributed by atoms with E-state index in [1.807, 2.05) is 49.6 Å². The molecule has 2 aromatic heterocycles. The minimum absolute atomic E-state index is 0.218. The van der Waals surface area contributed by atoms with Gasteiger partial charge in [0.15, 0.2) is 0 Å². The minimum Gasteiger partial charge on any atom is -0.346 e. The van der Waals surface area contributed by atoms with Gasteiger partial charge in [-0.2, -0.15) is 0 Å². The monoisotopic (exact) mass is 403 g/mol. The summed E-state index contributed by atoms with van der Waals surface area (Å²) in [7, 11) is 1.82. The number of aromatic nitrogens is 3. The van der Waals surface area contributed by atoms with E-state index in [0.29, 0.717) is 22.4 Å². The summed E-state index contributed by atoms with van der Waals surface area (Å²) in [4.78, 5) is 21.4. The Morgan fingerprint density at radius 2 is 1.66 bits per heavy atom. The van der Waals surface area contributed by atoms with Gasteiger partial charge in [0.2, 0.25) is 5.95 Å². The molecule has 0 saturated heterocycles. The smallest absolute Gasteiger partial charge is 0.272 e. The molecule has 1 amide bonds. The van der Waals surface area contributed by atoms with Gasteiger partial charge in [0, 0.05) is 53.2 Å². The number of para-hydroxylation sites is 1. The fraction of sp³-hybridized carbons (Fsp3) is 0.0455. The third kappa shape index (κ3) is 4.44. The van der Waals surface area contributed by atoms with Crippen molar-refractivity contribution in [3.63, 3.8) is 0 Å². The summed E-state index contributed by atoms with van der Waals surface area (Å²) >= 11 is 5.98. The largest absolute Gasteiger partial charge is 0.346 e. The van der Waals surface area contributed by atoms with Gasteiger partial charge in [0.25, 0.3) is 5.91 Å². The minimum atomic E-state index is -0.218. The molecular formula is C22H18ClN5O. The van der Waals surface area contributed by atoms with Crippen LogP contribution in [-0.2, 0) is 7.05 Å². The van der Waals surface area contributed by atoms with E-state index in [-0.39, 0.29) is 5.91 Å². The highest BCUT2D eigenvalue weighted by atomic mass is 35.5. The number of aryl methyl sites for hydroxylation is 1. The van der Waals surface area contributed by atoms with Crippen molar-refractivity contribution in [1.82, 2.24) is 14.5 Å². The van der Waals surface area contributed by atoms with Crippen LogP contribution >= 0.6 is 11.6 Å². The zero-order valence-electron chi connectivity index (χ0n) is 15.6. The van der Waals surface area contributed by atoms with Crippen LogP contribution in [0.25, 0.3) is 11.1 Å². The van der Waals surface area contributed by atoms with Crippen molar-refractivity contribution in [3.8, 4) is 11.1 Å². The molecule has 0 saturated carbocycles. The second-order valence-electron chi connectivity index (χ2n) is 6.48. The topological polar surface area (TPSA) is 71.8 Å². The normalized spacial score (nSPS) is 10.6. The van der Waals surface area contributed by atoms with Gasteiger partial charge in [0.05, 0.1) is 0 Å². The summed E-state index contributed by atoms with van der Waals surface area (Å²) in [5, 5.41) is 6.57. The van der Waals surface area contributed by atoms with Crippen molar-refractivity contribution in [2.75, 3.05) is 10.6 Å². The fourth-order valence-corrected chi connectivity index (χ4v) is 3.09. The number of halogens is 1. The van der Waals surface area contributed by atoms with Crippen LogP contribution in [0.3, 0.4) is 0 Å². The van der Waals surface area contributed by atoms with Crippen LogP contribution < -0.4 is 10.6 Å². The fourth-order valence-electron chi connectivity index (χ4n) is 2.90. The Bertz CT molecular complexity index is 1140. The molecule has 0 aliphatic heterocycles. The van der Waals surface area contributed by atoms with E-state index >= 15 is 0 Å². The Hall–Kier alpha value is -3.64. The van der Waals surface area contributed by atoms with Gasteiger partial charge in [-0.25, -0.2) is 9.97 Å². The number of anilines is 3. The van der Waals surface area contributed by atoms with Crippen LogP contribution in [0.5, 0.6) is 0 Å². The quantitative estimate of drug-likeness (QED) is 0.484. The standard InChI is InChI=1S/C22H18ClN5O/c1-28-14-15(10-20(28)21(29)26-19-9-5-6-17(23)11-19)16-12-24-22(25-13-16)27-18-7-3-2-4-8-18/h2-14H,1H3,(H,26,29)(H,24,25,27). The summed E-state index contributed by atoms with van der Waals surface area (Å²) < 4.78 is 1.77. The molecule has 2 N–H and O–H groups in total. The number of hydrogen-bond acceptors (Lipinski definition) is 4. The molecule has 2 heterocycles. The first kappa shape index (κ1) is 18.7. The van der Waals surface area contributed by atoms with Crippen LogP contribution in [0.2, 0.25) is 5.02 Å². The summed E-state index contributed by atoms with van der Waals surface area (Å²) in [5.41, 5.74) is 3.76. The predicted octanol–water partition coefficient (Wildman–Crippen LogP) is 5.13. The van der Waals surface area contributed by atoms with Gasteiger partial charge in [-0.1, -0.05) is 35.9 Å². The molecule has 0 atom stereocenters. The molecular weight excluding hydrogens is 386 g/mol. The zero-order valence-corrected chi connectivity index (χ0v) is 16.4. The Kier molecular flexibility index (Phi) is 5.27. The molecule has 6 nitrogen and oxygen atoms in total. The highest BCUT2D eigenvalue weighted by Gasteiger charge is 2.14. The van der Waals surface area contributed by atoms with Crippen LogP contribution in [0, 0.1) is 0 Å². The molecule has 0 unspecified atom stereocenters. The first-order valence-electron chi connectivity index (χ1n) is 8.96. The van der Waals surface area contributed by atoms with Gasteiger partial charge >= 0.3 is 0 Å². The second kappa shape index (κ2) is 8.16. The molecule has 7 heteroatoms. The van der Waals surface area contributed by atoms with Gasteiger partial charge < -0.3 is 15.2 Å². The predicted molar refractivity (Wildman–Crippen MR) is 116 cm³/mol. The van der Waals surface area contributed by atoms with Gasteiger partial charge in [-0.15, -0.1) is 0 Å². The average molecular weight is 404 g/mol. The third-order valence-corrected chi connectivity index (χ3v) is 4.57. The van der Waals surface area contributed by atoms with E-state index in [2.05, 4.69) is 20.6 Å². The van der Waals surface area contributed by atoms with Gasteiger partial charge in [-0.3, -0.25) is 4.79 Å². The Balaban J connectivity index is 1.50. The molecule has 4 aromatic rings. The van der Waals surface area contributed by atoms with Crippen molar-refractivity contribution < 1.29 is 4.79 Å². The molecule has 0 fully saturated rings. The lowest BCUT2D eigenvalue weighted by atomic mass is 10.2. The van der Waals surface area contributed by atoms with Crippen LogP contribution in [0.4, 0.5) is 17.3 Å². The number of carbonyl (C=O) groups excluding carboxylic acids is 1. The molecule has 0 spiro atoms. The number of carbonyl (C=O) groups is 1. The van der Waals surface area contributed by atoms with E-state index in [4.69, 9.17) is 11.6 Å². The first-order chi connectivity index (χ1) is 14.1. The molecule has 29 heavy (non-hydrogen) atoms. The zero-order chi connectivity index (χ0) is 20.2. The molecule has 144 valence electrons. The summed E-state index contributed by atoms with van der Waals surface area (Å²) in [5.74, 6) is 0.291. The van der Waals surface area contributed by atoms with Crippen LogP contribution in [0.15, 0.2) is 79.3 Å².